The Labute approximate surface area is 253 Å². The molecule has 0 saturated carbocycles. The zero-order chi connectivity index (χ0) is 30.0. The standard InChI is InChI=1S/C31H34N6O5S/c32-25-7-1-2-8-26(25)36-29(40)10-4-9-28(39)35-23-6-3-5-22(15-23)30-41-24(18-43-31-33-19-34-37-31)16-27(42-30)21-13-11-20(17-38)12-14-21/h1-3,5-8,11-15,19,24,27,30,38H,4,9-10,16-18,32H2,(H,35,39)(H,36,40)(H,33,34,37). The first kappa shape index (κ1) is 30.2. The van der Waals surface area contributed by atoms with Gasteiger partial charge in [0.25, 0.3) is 0 Å². The molecule has 0 radical (unpaired) electrons. The van der Waals surface area contributed by atoms with E-state index in [0.717, 1.165) is 16.7 Å². The van der Waals surface area contributed by atoms with E-state index in [9.17, 15) is 14.7 Å². The minimum atomic E-state index is -0.664. The van der Waals surface area contributed by atoms with E-state index in [1.807, 2.05) is 42.5 Å². The number of hydrogen-bond acceptors (Lipinski definition) is 9. The Hall–Kier alpha value is -4.23. The molecule has 3 aromatic carbocycles. The van der Waals surface area contributed by atoms with Crippen LogP contribution in [-0.2, 0) is 25.7 Å². The summed E-state index contributed by atoms with van der Waals surface area (Å²) in [7, 11) is 0. The summed E-state index contributed by atoms with van der Waals surface area (Å²) in [4.78, 5) is 29.1. The topological polar surface area (TPSA) is 164 Å². The van der Waals surface area contributed by atoms with Crippen molar-refractivity contribution >= 4 is 40.6 Å². The van der Waals surface area contributed by atoms with E-state index in [2.05, 4.69) is 25.8 Å². The highest BCUT2D eigenvalue weighted by atomic mass is 32.2. The van der Waals surface area contributed by atoms with Crippen LogP contribution >= 0.6 is 11.8 Å². The first-order valence-electron chi connectivity index (χ1n) is 14.0. The summed E-state index contributed by atoms with van der Waals surface area (Å²) in [6.07, 6.45) is 1.83. The number of aliphatic hydroxyl groups is 1. The summed E-state index contributed by atoms with van der Waals surface area (Å²) in [6, 6.07) is 22.1. The maximum Gasteiger partial charge on any atom is 0.224 e. The molecule has 0 aliphatic carbocycles. The third-order valence-electron chi connectivity index (χ3n) is 6.90. The number of carbonyl (C=O) groups is 2. The quantitative estimate of drug-likeness (QED) is 0.111. The van der Waals surface area contributed by atoms with E-state index in [-0.39, 0.29) is 43.5 Å². The molecule has 6 N–H and O–H groups in total. The Bertz CT molecular complexity index is 1500. The predicted octanol–water partition coefficient (Wildman–Crippen LogP) is 4.96. The number of H-pyrrole nitrogens is 1. The van der Waals surface area contributed by atoms with Crippen LogP contribution in [0, 0.1) is 0 Å². The third-order valence-corrected chi connectivity index (χ3v) is 7.91. The van der Waals surface area contributed by atoms with E-state index >= 15 is 0 Å². The van der Waals surface area contributed by atoms with Crippen molar-refractivity contribution in [1.82, 2.24) is 15.2 Å². The van der Waals surface area contributed by atoms with E-state index in [4.69, 9.17) is 15.2 Å². The van der Waals surface area contributed by atoms with E-state index < -0.39 is 6.29 Å². The minimum absolute atomic E-state index is 0.0253. The number of rotatable bonds is 12. The van der Waals surface area contributed by atoms with Crippen molar-refractivity contribution in [1.29, 1.82) is 0 Å². The molecule has 0 spiro atoms. The Balaban J connectivity index is 1.19. The van der Waals surface area contributed by atoms with E-state index in [1.54, 1.807) is 30.3 Å². The van der Waals surface area contributed by atoms with Crippen molar-refractivity contribution in [2.45, 2.75) is 55.9 Å². The molecule has 5 rings (SSSR count). The van der Waals surface area contributed by atoms with Gasteiger partial charge >= 0.3 is 0 Å². The molecule has 2 heterocycles. The Kier molecular flexibility index (Phi) is 10.4. The van der Waals surface area contributed by atoms with Crippen LogP contribution in [0.4, 0.5) is 17.1 Å². The van der Waals surface area contributed by atoms with E-state index in [1.165, 1.54) is 18.1 Å². The number of carbonyl (C=O) groups excluding carboxylic acids is 2. The van der Waals surface area contributed by atoms with Crippen LogP contribution in [0.3, 0.4) is 0 Å². The lowest BCUT2D eigenvalue weighted by Crippen LogP contribution is -2.31. The average molecular weight is 603 g/mol. The van der Waals surface area contributed by atoms with Gasteiger partial charge in [-0.25, -0.2) is 4.98 Å². The molecular formula is C31H34N6O5S. The highest BCUT2D eigenvalue weighted by Crippen LogP contribution is 2.39. The second kappa shape index (κ2) is 14.8. The average Bonchev–Trinajstić information content (AvgIpc) is 3.55. The summed E-state index contributed by atoms with van der Waals surface area (Å²) < 4.78 is 12.8. The molecule has 1 fully saturated rings. The number of nitrogens with two attached hydrogens (primary N) is 1. The number of benzene rings is 3. The molecule has 2 amide bonds. The minimum Gasteiger partial charge on any atom is -0.397 e. The van der Waals surface area contributed by atoms with Crippen molar-refractivity contribution in [3.63, 3.8) is 0 Å². The number of nitrogens with zero attached hydrogens (tertiary/aromatic N) is 2. The second-order valence-electron chi connectivity index (χ2n) is 10.1. The highest BCUT2D eigenvalue weighted by molar-refractivity contribution is 7.99. The zero-order valence-corrected chi connectivity index (χ0v) is 24.3. The highest BCUT2D eigenvalue weighted by Gasteiger charge is 2.32. The molecule has 1 aliphatic heterocycles. The normalized spacial score (nSPS) is 18.2. The largest absolute Gasteiger partial charge is 0.397 e. The van der Waals surface area contributed by atoms with Gasteiger partial charge in [-0.3, -0.25) is 14.7 Å². The molecular weight excluding hydrogens is 568 g/mol. The molecule has 0 bridgehead atoms. The van der Waals surface area contributed by atoms with Gasteiger partial charge in [0, 0.05) is 36.3 Å². The van der Waals surface area contributed by atoms with Crippen molar-refractivity contribution in [3.05, 3.63) is 95.8 Å². The molecule has 1 aromatic heterocycles. The lowest BCUT2D eigenvalue weighted by molar-refractivity contribution is -0.245. The smallest absolute Gasteiger partial charge is 0.224 e. The van der Waals surface area contributed by atoms with Gasteiger partial charge in [0.05, 0.1) is 30.2 Å². The number of amides is 2. The molecule has 4 aromatic rings. The first-order chi connectivity index (χ1) is 21.0. The second-order valence-corrected chi connectivity index (χ2v) is 11.1. The lowest BCUT2D eigenvalue weighted by Gasteiger charge is -2.36. The molecule has 1 aliphatic rings. The number of ether oxygens (including phenoxy) is 2. The van der Waals surface area contributed by atoms with Crippen molar-refractivity contribution in [2.24, 2.45) is 0 Å². The van der Waals surface area contributed by atoms with Gasteiger partial charge in [-0.2, -0.15) is 5.10 Å². The Morgan fingerprint density at radius 2 is 1.77 bits per heavy atom. The van der Waals surface area contributed by atoms with Gasteiger partial charge in [0.15, 0.2) is 11.4 Å². The summed E-state index contributed by atoms with van der Waals surface area (Å²) in [6.45, 7) is -0.0253. The number of nitrogen functional groups attached to an aromatic ring is 1. The fourth-order valence-electron chi connectivity index (χ4n) is 4.68. The van der Waals surface area contributed by atoms with Gasteiger partial charge in [0.1, 0.15) is 6.33 Å². The number of nitrogens with one attached hydrogen (secondary N) is 3. The van der Waals surface area contributed by atoms with Crippen LogP contribution in [0.5, 0.6) is 0 Å². The van der Waals surface area contributed by atoms with E-state index in [0.29, 0.717) is 40.8 Å². The SMILES string of the molecule is Nc1ccccc1NC(=O)CCCC(=O)Nc1cccc(C2OC(CSc3ncn[nH]3)CC(c3ccc(CO)cc3)O2)c1. The number of aliphatic hydroxyl groups excluding tert-OH is 1. The fraction of sp³-hybridized carbons (Fsp3) is 0.290. The number of hydrogen-bond donors (Lipinski definition) is 5. The number of anilines is 3. The van der Waals surface area contributed by atoms with Gasteiger partial charge in [-0.05, 0) is 41.8 Å². The van der Waals surface area contributed by atoms with Gasteiger partial charge < -0.3 is 30.9 Å². The van der Waals surface area contributed by atoms with Crippen molar-refractivity contribution in [3.8, 4) is 0 Å². The summed E-state index contributed by atoms with van der Waals surface area (Å²) >= 11 is 1.52. The number of aromatic nitrogens is 3. The van der Waals surface area contributed by atoms with Crippen molar-refractivity contribution in [2.75, 3.05) is 22.1 Å². The number of thioether (sulfide) groups is 1. The molecule has 1 saturated heterocycles. The summed E-state index contributed by atoms with van der Waals surface area (Å²) in [5.41, 5.74) is 10.1. The summed E-state index contributed by atoms with van der Waals surface area (Å²) in [5.74, 6) is 0.245. The monoisotopic (exact) mass is 602 g/mol. The van der Waals surface area contributed by atoms with Gasteiger partial charge in [0.2, 0.25) is 11.8 Å². The number of aromatic amines is 1. The van der Waals surface area contributed by atoms with Gasteiger partial charge in [-0.1, -0.05) is 60.3 Å². The Morgan fingerprint density at radius 3 is 2.51 bits per heavy atom. The molecule has 12 heteroatoms. The van der Waals surface area contributed by atoms with Crippen LogP contribution in [0.2, 0.25) is 0 Å². The van der Waals surface area contributed by atoms with Crippen LogP contribution in [0.25, 0.3) is 0 Å². The fourth-order valence-corrected chi connectivity index (χ4v) is 5.48. The molecule has 3 atom stereocenters. The van der Waals surface area contributed by atoms with Crippen LogP contribution in [-0.4, -0.2) is 44.0 Å². The van der Waals surface area contributed by atoms with Crippen LogP contribution in [0.1, 0.15) is 54.8 Å². The molecule has 224 valence electrons. The first-order valence-corrected chi connectivity index (χ1v) is 15.0. The number of para-hydroxylation sites is 2. The molecule has 43 heavy (non-hydrogen) atoms. The van der Waals surface area contributed by atoms with Crippen LogP contribution < -0.4 is 16.4 Å². The maximum atomic E-state index is 12.7. The lowest BCUT2D eigenvalue weighted by atomic mass is 10.0. The predicted molar refractivity (Wildman–Crippen MR) is 164 cm³/mol. The summed E-state index contributed by atoms with van der Waals surface area (Å²) in [5, 5.41) is 22.6. The van der Waals surface area contributed by atoms with Crippen LogP contribution in [0.15, 0.2) is 84.3 Å². The zero-order valence-electron chi connectivity index (χ0n) is 23.4. The maximum absolute atomic E-state index is 12.7. The van der Waals surface area contributed by atoms with Gasteiger partial charge in [-0.15, -0.1) is 0 Å². The Morgan fingerprint density at radius 1 is 0.977 bits per heavy atom. The third kappa shape index (κ3) is 8.64. The molecule has 11 nitrogen and oxygen atoms in total. The van der Waals surface area contributed by atoms with Crippen molar-refractivity contribution < 1.29 is 24.2 Å². The molecule has 3 unspecified atom stereocenters.